The molecule has 0 N–H and O–H groups in total. The number of aromatic nitrogens is 1. The minimum absolute atomic E-state index is 0.0102. The van der Waals surface area contributed by atoms with Gasteiger partial charge in [0.25, 0.3) is 5.22 Å². The van der Waals surface area contributed by atoms with Gasteiger partial charge in [0, 0.05) is 23.1 Å². The Morgan fingerprint density at radius 2 is 2.12 bits per heavy atom. The van der Waals surface area contributed by atoms with Crippen LogP contribution in [0.5, 0.6) is 0 Å². The summed E-state index contributed by atoms with van der Waals surface area (Å²) in [5.41, 5.74) is 2.42. The normalized spacial score (nSPS) is 11.0. The van der Waals surface area contributed by atoms with E-state index in [-0.39, 0.29) is 11.7 Å². The van der Waals surface area contributed by atoms with Gasteiger partial charge in [-0.25, -0.2) is 4.98 Å². The standard InChI is InChI=1S/C17H14BrClN2O2S/c1-21(9-11-4-2-3-5-13(11)18)16(22)10-24-17-20-14-8-12(19)6-7-15(14)23-17/h2-8H,9-10H2,1H3. The second-order valence-electron chi connectivity index (χ2n) is 5.22. The molecule has 0 saturated carbocycles. The molecule has 1 aromatic heterocycles. The van der Waals surface area contributed by atoms with Gasteiger partial charge in [-0.3, -0.25) is 4.79 Å². The van der Waals surface area contributed by atoms with E-state index < -0.39 is 0 Å². The number of benzene rings is 2. The van der Waals surface area contributed by atoms with Crippen LogP contribution in [0, 0.1) is 0 Å². The minimum atomic E-state index is 0.0102. The third-order valence-electron chi connectivity index (χ3n) is 3.44. The van der Waals surface area contributed by atoms with E-state index in [1.165, 1.54) is 11.8 Å². The molecule has 0 atom stereocenters. The molecule has 0 spiro atoms. The van der Waals surface area contributed by atoms with Gasteiger partial charge >= 0.3 is 0 Å². The maximum absolute atomic E-state index is 12.3. The van der Waals surface area contributed by atoms with Gasteiger partial charge in [0.05, 0.1) is 5.75 Å². The predicted molar refractivity (Wildman–Crippen MR) is 100 cm³/mol. The number of carbonyl (C=O) groups is 1. The van der Waals surface area contributed by atoms with Gasteiger partial charge in [-0.2, -0.15) is 0 Å². The molecule has 7 heteroatoms. The summed E-state index contributed by atoms with van der Waals surface area (Å²) in [4.78, 5) is 18.3. The van der Waals surface area contributed by atoms with Gasteiger partial charge in [0.2, 0.25) is 5.91 Å². The van der Waals surface area contributed by atoms with E-state index in [4.69, 9.17) is 16.0 Å². The van der Waals surface area contributed by atoms with Crippen LogP contribution in [0.25, 0.3) is 11.1 Å². The van der Waals surface area contributed by atoms with Crippen LogP contribution < -0.4 is 0 Å². The van der Waals surface area contributed by atoms with E-state index in [1.54, 1.807) is 30.1 Å². The Kier molecular flexibility index (Phi) is 5.48. The van der Waals surface area contributed by atoms with E-state index in [0.717, 1.165) is 10.0 Å². The number of halogens is 2. The molecule has 0 aliphatic rings. The van der Waals surface area contributed by atoms with Crippen LogP contribution in [0.4, 0.5) is 0 Å². The summed E-state index contributed by atoms with van der Waals surface area (Å²) >= 11 is 10.7. The molecule has 2 aromatic carbocycles. The van der Waals surface area contributed by atoms with Crippen molar-refractivity contribution in [3.05, 3.63) is 57.5 Å². The van der Waals surface area contributed by atoms with Crippen LogP contribution in [0.1, 0.15) is 5.56 Å². The Morgan fingerprint density at radius 3 is 2.92 bits per heavy atom. The van der Waals surface area contributed by atoms with Crippen LogP contribution in [-0.2, 0) is 11.3 Å². The number of thioether (sulfide) groups is 1. The fraction of sp³-hybridized carbons (Fsp3) is 0.176. The number of hydrogen-bond donors (Lipinski definition) is 0. The van der Waals surface area contributed by atoms with Gasteiger partial charge < -0.3 is 9.32 Å². The highest BCUT2D eigenvalue weighted by Crippen LogP contribution is 2.26. The van der Waals surface area contributed by atoms with Crippen molar-refractivity contribution in [2.45, 2.75) is 11.8 Å². The zero-order chi connectivity index (χ0) is 17.1. The molecule has 124 valence electrons. The Morgan fingerprint density at radius 1 is 1.33 bits per heavy atom. The molecular formula is C17H14BrClN2O2S. The lowest BCUT2D eigenvalue weighted by Crippen LogP contribution is -2.27. The third kappa shape index (κ3) is 4.12. The molecule has 3 rings (SSSR count). The quantitative estimate of drug-likeness (QED) is 0.540. The Hall–Kier alpha value is -1.50. The molecule has 0 unspecified atom stereocenters. The van der Waals surface area contributed by atoms with Crippen LogP contribution in [0.3, 0.4) is 0 Å². The summed E-state index contributed by atoms with van der Waals surface area (Å²) in [5, 5.41) is 1.08. The molecule has 0 aliphatic carbocycles. The van der Waals surface area contributed by atoms with Crippen molar-refractivity contribution in [1.29, 1.82) is 0 Å². The van der Waals surface area contributed by atoms with Crippen LogP contribution >= 0.6 is 39.3 Å². The average Bonchev–Trinajstić information content (AvgIpc) is 2.96. The van der Waals surface area contributed by atoms with Crippen molar-refractivity contribution in [1.82, 2.24) is 9.88 Å². The zero-order valence-corrected chi connectivity index (χ0v) is 16.0. The molecular weight excluding hydrogens is 412 g/mol. The minimum Gasteiger partial charge on any atom is -0.431 e. The second-order valence-corrected chi connectivity index (χ2v) is 7.44. The molecule has 4 nitrogen and oxygen atoms in total. The Balaban J connectivity index is 1.60. The van der Waals surface area contributed by atoms with Crippen molar-refractivity contribution >= 4 is 56.3 Å². The summed E-state index contributed by atoms with van der Waals surface area (Å²) in [6.07, 6.45) is 0. The van der Waals surface area contributed by atoms with Gasteiger partial charge in [0.15, 0.2) is 5.58 Å². The first-order valence-corrected chi connectivity index (χ1v) is 9.35. The van der Waals surface area contributed by atoms with E-state index in [9.17, 15) is 4.79 Å². The summed E-state index contributed by atoms with van der Waals surface area (Å²) < 4.78 is 6.60. The summed E-state index contributed by atoms with van der Waals surface area (Å²) in [7, 11) is 1.79. The Labute approximate surface area is 157 Å². The molecule has 0 bridgehead atoms. The number of oxazole rings is 1. The van der Waals surface area contributed by atoms with Crippen LogP contribution in [-0.4, -0.2) is 28.6 Å². The number of nitrogens with zero attached hydrogens (tertiary/aromatic N) is 2. The number of carbonyl (C=O) groups excluding carboxylic acids is 1. The maximum Gasteiger partial charge on any atom is 0.257 e. The average molecular weight is 426 g/mol. The topological polar surface area (TPSA) is 46.3 Å². The summed E-state index contributed by atoms with van der Waals surface area (Å²) in [6.45, 7) is 0.546. The van der Waals surface area contributed by atoms with Gasteiger partial charge in [-0.1, -0.05) is 57.5 Å². The van der Waals surface area contributed by atoms with Crippen molar-refractivity contribution in [3.63, 3.8) is 0 Å². The highest BCUT2D eigenvalue weighted by molar-refractivity contribution is 9.10. The van der Waals surface area contributed by atoms with Crippen molar-refractivity contribution < 1.29 is 9.21 Å². The van der Waals surface area contributed by atoms with Gasteiger partial charge in [-0.05, 0) is 29.8 Å². The lowest BCUT2D eigenvalue weighted by atomic mass is 10.2. The second kappa shape index (κ2) is 7.59. The largest absolute Gasteiger partial charge is 0.431 e. The highest BCUT2D eigenvalue weighted by atomic mass is 79.9. The third-order valence-corrected chi connectivity index (χ3v) is 5.26. The number of hydrogen-bond acceptors (Lipinski definition) is 4. The lowest BCUT2D eigenvalue weighted by molar-refractivity contribution is -0.127. The van der Waals surface area contributed by atoms with Gasteiger partial charge in [-0.15, -0.1) is 0 Å². The van der Waals surface area contributed by atoms with Crippen LogP contribution in [0.15, 0.2) is 56.6 Å². The first-order valence-electron chi connectivity index (χ1n) is 7.19. The molecule has 24 heavy (non-hydrogen) atoms. The number of rotatable bonds is 5. The van der Waals surface area contributed by atoms with E-state index in [0.29, 0.717) is 27.9 Å². The van der Waals surface area contributed by atoms with Crippen molar-refractivity contribution in [3.8, 4) is 0 Å². The first kappa shape index (κ1) is 17.3. The van der Waals surface area contributed by atoms with E-state index in [2.05, 4.69) is 20.9 Å². The molecule has 0 aliphatic heterocycles. The Bertz CT molecular complexity index is 884. The monoisotopic (exact) mass is 424 g/mol. The maximum atomic E-state index is 12.3. The number of amides is 1. The van der Waals surface area contributed by atoms with E-state index in [1.807, 2.05) is 24.3 Å². The smallest absolute Gasteiger partial charge is 0.257 e. The fourth-order valence-corrected chi connectivity index (χ4v) is 3.50. The SMILES string of the molecule is CN(Cc1ccccc1Br)C(=O)CSc1nc2cc(Cl)ccc2o1. The summed E-state index contributed by atoms with van der Waals surface area (Å²) in [6, 6.07) is 13.1. The van der Waals surface area contributed by atoms with Crippen molar-refractivity contribution in [2.75, 3.05) is 12.8 Å². The highest BCUT2D eigenvalue weighted by Gasteiger charge is 2.14. The number of fused-ring (bicyclic) bond motifs is 1. The fourth-order valence-electron chi connectivity index (χ4n) is 2.15. The molecule has 3 aromatic rings. The molecule has 0 saturated heterocycles. The van der Waals surface area contributed by atoms with Crippen LogP contribution in [0.2, 0.25) is 5.02 Å². The van der Waals surface area contributed by atoms with E-state index >= 15 is 0 Å². The molecule has 0 fully saturated rings. The molecule has 1 heterocycles. The molecule has 1 amide bonds. The summed E-state index contributed by atoms with van der Waals surface area (Å²) in [5.74, 6) is 0.276. The zero-order valence-electron chi connectivity index (χ0n) is 12.8. The van der Waals surface area contributed by atoms with Crippen molar-refractivity contribution in [2.24, 2.45) is 0 Å². The van der Waals surface area contributed by atoms with Gasteiger partial charge in [0.1, 0.15) is 5.52 Å². The lowest BCUT2D eigenvalue weighted by Gasteiger charge is -2.17. The first-order chi connectivity index (χ1) is 11.5. The molecule has 0 radical (unpaired) electrons. The predicted octanol–water partition coefficient (Wildman–Crippen LogP) is 4.99.